The van der Waals surface area contributed by atoms with Gasteiger partial charge in [0.1, 0.15) is 15.4 Å². The number of esters is 1. The van der Waals surface area contributed by atoms with Gasteiger partial charge in [-0.25, -0.2) is 8.42 Å². The van der Waals surface area contributed by atoms with E-state index in [1.165, 1.54) is 70.6 Å². The smallest absolute Gasteiger partial charge is 0.747 e. The summed E-state index contributed by atoms with van der Waals surface area (Å²) >= 11 is 0. The van der Waals surface area contributed by atoms with E-state index in [1.54, 1.807) is 0 Å². The number of rotatable bonds is 22. The first-order valence-electron chi connectivity index (χ1n) is 12.5. The first-order chi connectivity index (χ1) is 14.4. The van der Waals surface area contributed by atoms with Gasteiger partial charge in [0.15, 0.2) is 0 Å². The standard InChI is InChI=1S/C24H48O5S.Na/c1-3-5-7-9-11-13-14-16-18-20-22-29-24(25)23(30(26,27)28)21-19-17-15-12-10-8-6-4-2;/h23H,3-22H2,1-2H3,(H,26,27,28);/q;+1/p-1. The summed E-state index contributed by atoms with van der Waals surface area (Å²) in [5.74, 6) is -0.858. The molecule has 180 valence electrons. The minimum absolute atomic E-state index is 0. The van der Waals surface area contributed by atoms with Crippen molar-refractivity contribution in [1.82, 2.24) is 0 Å². The van der Waals surface area contributed by atoms with Crippen LogP contribution in [0.4, 0.5) is 0 Å². The predicted molar refractivity (Wildman–Crippen MR) is 124 cm³/mol. The van der Waals surface area contributed by atoms with Crippen molar-refractivity contribution in [2.24, 2.45) is 0 Å². The van der Waals surface area contributed by atoms with Crippen molar-refractivity contribution in [3.63, 3.8) is 0 Å². The molecule has 0 aromatic rings. The fourth-order valence-corrected chi connectivity index (χ4v) is 4.46. The van der Waals surface area contributed by atoms with Crippen molar-refractivity contribution in [3.8, 4) is 0 Å². The molecule has 7 heteroatoms. The molecule has 0 rings (SSSR count). The topological polar surface area (TPSA) is 83.5 Å². The molecule has 0 saturated carbocycles. The predicted octanol–water partition coefficient (Wildman–Crippen LogP) is 3.90. The molecule has 0 aliphatic heterocycles. The van der Waals surface area contributed by atoms with Crippen molar-refractivity contribution >= 4 is 16.1 Å². The Bertz CT molecular complexity index is 496. The van der Waals surface area contributed by atoms with Gasteiger partial charge in [-0.05, 0) is 12.8 Å². The molecule has 0 aromatic carbocycles. The van der Waals surface area contributed by atoms with E-state index in [0.717, 1.165) is 38.5 Å². The summed E-state index contributed by atoms with van der Waals surface area (Å²) in [7, 11) is -4.66. The van der Waals surface area contributed by atoms with Crippen LogP contribution in [0.1, 0.15) is 136 Å². The molecular weight excluding hydrogens is 423 g/mol. The van der Waals surface area contributed by atoms with Crippen molar-refractivity contribution in [2.45, 2.75) is 141 Å². The number of carbonyl (C=O) groups is 1. The van der Waals surface area contributed by atoms with Crippen LogP contribution >= 0.6 is 0 Å². The quantitative estimate of drug-likeness (QED) is 0.104. The minimum Gasteiger partial charge on any atom is -0.747 e. The summed E-state index contributed by atoms with van der Waals surface area (Å²) < 4.78 is 39.5. The number of unbranched alkanes of at least 4 members (excludes halogenated alkanes) is 16. The van der Waals surface area contributed by atoms with Gasteiger partial charge < -0.3 is 9.29 Å². The van der Waals surface area contributed by atoms with E-state index < -0.39 is 21.3 Å². The average molecular weight is 471 g/mol. The second-order valence-corrected chi connectivity index (χ2v) is 10.1. The molecule has 31 heavy (non-hydrogen) atoms. The maximum atomic E-state index is 12.1. The van der Waals surface area contributed by atoms with Crippen LogP contribution in [-0.2, 0) is 19.6 Å². The van der Waals surface area contributed by atoms with Crippen LogP contribution in [0.15, 0.2) is 0 Å². The Balaban J connectivity index is 0. The first kappa shape index (κ1) is 33.6. The normalized spacial score (nSPS) is 12.4. The molecule has 0 fully saturated rings. The molecule has 0 saturated heterocycles. The maximum Gasteiger partial charge on any atom is 1.00 e. The number of ether oxygens (including phenoxy) is 1. The Morgan fingerprint density at radius 2 is 1.03 bits per heavy atom. The molecule has 0 aliphatic rings. The van der Waals surface area contributed by atoms with Gasteiger partial charge in [0.25, 0.3) is 0 Å². The second kappa shape index (κ2) is 23.5. The zero-order valence-corrected chi connectivity index (χ0v) is 23.5. The van der Waals surface area contributed by atoms with E-state index in [9.17, 15) is 17.8 Å². The van der Waals surface area contributed by atoms with E-state index in [1.807, 2.05) is 0 Å². The molecule has 1 unspecified atom stereocenters. The molecular formula is C24H47NaO5S. The third-order valence-electron chi connectivity index (χ3n) is 5.67. The van der Waals surface area contributed by atoms with E-state index >= 15 is 0 Å². The van der Waals surface area contributed by atoms with Gasteiger partial charge in [-0.3, -0.25) is 4.79 Å². The van der Waals surface area contributed by atoms with Crippen molar-refractivity contribution < 1.29 is 52.1 Å². The van der Waals surface area contributed by atoms with Crippen LogP contribution in [0.25, 0.3) is 0 Å². The van der Waals surface area contributed by atoms with Gasteiger partial charge in [0.05, 0.1) is 6.61 Å². The molecule has 0 spiro atoms. The van der Waals surface area contributed by atoms with E-state index in [2.05, 4.69) is 13.8 Å². The molecule has 0 radical (unpaired) electrons. The average Bonchev–Trinajstić information content (AvgIpc) is 2.69. The minimum atomic E-state index is -4.66. The molecule has 0 heterocycles. The van der Waals surface area contributed by atoms with Crippen LogP contribution in [0.5, 0.6) is 0 Å². The van der Waals surface area contributed by atoms with E-state index in [4.69, 9.17) is 4.74 Å². The van der Waals surface area contributed by atoms with Gasteiger partial charge in [-0.2, -0.15) is 0 Å². The van der Waals surface area contributed by atoms with Gasteiger partial charge in [0, 0.05) is 0 Å². The fourth-order valence-electron chi connectivity index (χ4n) is 3.70. The van der Waals surface area contributed by atoms with Crippen molar-refractivity contribution in [3.05, 3.63) is 0 Å². The molecule has 5 nitrogen and oxygen atoms in total. The van der Waals surface area contributed by atoms with E-state index in [-0.39, 0.29) is 42.6 Å². The molecule has 0 aliphatic carbocycles. The summed E-state index contributed by atoms with van der Waals surface area (Å²) in [6.45, 7) is 4.61. The zero-order chi connectivity index (χ0) is 22.5. The van der Waals surface area contributed by atoms with E-state index in [0.29, 0.717) is 6.42 Å². The molecule has 0 bridgehead atoms. The van der Waals surface area contributed by atoms with Crippen LogP contribution in [0.2, 0.25) is 0 Å². The summed E-state index contributed by atoms with van der Waals surface area (Å²) in [5.41, 5.74) is 0. The number of hydrogen-bond donors (Lipinski definition) is 0. The number of carbonyl (C=O) groups excluding carboxylic acids is 1. The summed E-state index contributed by atoms with van der Waals surface area (Å²) in [6.07, 6.45) is 20.3. The molecule has 0 amide bonds. The fraction of sp³-hybridized carbons (Fsp3) is 0.958. The van der Waals surface area contributed by atoms with Crippen LogP contribution in [0.3, 0.4) is 0 Å². The Labute approximate surface area is 214 Å². The number of hydrogen-bond acceptors (Lipinski definition) is 5. The Kier molecular flexibility index (Phi) is 25.5. The third-order valence-corrected chi connectivity index (χ3v) is 6.80. The molecule has 0 aromatic heterocycles. The van der Waals surface area contributed by atoms with Gasteiger partial charge in [-0.1, -0.05) is 123 Å². The molecule has 0 N–H and O–H groups in total. The SMILES string of the molecule is CCCCCCCCCCCCOC(=O)C(CCCCCCCCCC)S(=O)(=O)[O-].[Na+]. The Morgan fingerprint density at radius 3 is 1.42 bits per heavy atom. The van der Waals surface area contributed by atoms with Gasteiger partial charge >= 0.3 is 35.5 Å². The summed E-state index contributed by atoms with van der Waals surface area (Å²) in [6, 6.07) is 0. The molecule has 1 atom stereocenters. The van der Waals surface area contributed by atoms with Gasteiger partial charge in [-0.15, -0.1) is 0 Å². The zero-order valence-electron chi connectivity index (χ0n) is 20.7. The first-order valence-corrected chi connectivity index (χ1v) is 14.0. The summed E-state index contributed by atoms with van der Waals surface area (Å²) in [5, 5.41) is -1.54. The Morgan fingerprint density at radius 1 is 0.677 bits per heavy atom. The van der Waals surface area contributed by atoms with Crippen LogP contribution in [0, 0.1) is 0 Å². The van der Waals surface area contributed by atoms with Crippen LogP contribution in [-0.4, -0.2) is 30.8 Å². The Hall–Kier alpha value is 0.380. The summed E-state index contributed by atoms with van der Waals surface area (Å²) in [4.78, 5) is 12.1. The maximum absolute atomic E-state index is 12.1. The largest absolute Gasteiger partial charge is 1.00 e. The third kappa shape index (κ3) is 22.0. The van der Waals surface area contributed by atoms with Crippen molar-refractivity contribution in [2.75, 3.05) is 6.61 Å². The van der Waals surface area contributed by atoms with Crippen LogP contribution < -0.4 is 29.6 Å². The monoisotopic (exact) mass is 470 g/mol. The second-order valence-electron chi connectivity index (χ2n) is 8.59. The van der Waals surface area contributed by atoms with Crippen molar-refractivity contribution in [1.29, 1.82) is 0 Å². The van der Waals surface area contributed by atoms with Gasteiger partial charge in [0.2, 0.25) is 0 Å².